The normalized spacial score (nSPS) is 14.5. The van der Waals surface area contributed by atoms with Crippen LogP contribution in [0.5, 0.6) is 0 Å². The largest absolute Gasteiger partial charge is 0.323 e. The molecule has 1 nitrogen and oxygen atoms in total. The highest BCUT2D eigenvalue weighted by molar-refractivity contribution is 7.10. The molecule has 0 amide bonds. The third-order valence-electron chi connectivity index (χ3n) is 1.81. The van der Waals surface area contributed by atoms with Gasteiger partial charge >= 0.3 is 0 Å². The molecule has 1 unspecified atom stereocenters. The summed E-state index contributed by atoms with van der Waals surface area (Å²) in [5.41, 5.74) is 6.31. The highest BCUT2D eigenvalue weighted by Crippen LogP contribution is 2.34. The topological polar surface area (TPSA) is 26.0 Å². The summed E-state index contributed by atoms with van der Waals surface area (Å²) in [7, 11) is 0. The number of hydrogen-bond acceptors (Lipinski definition) is 2. The Balaban J connectivity index is 2.69. The van der Waals surface area contributed by atoms with Gasteiger partial charge in [0, 0.05) is 10.9 Å². The van der Waals surface area contributed by atoms with E-state index in [1.54, 1.807) is 11.3 Å². The quantitative estimate of drug-likeness (QED) is 0.801. The van der Waals surface area contributed by atoms with Crippen molar-refractivity contribution in [3.8, 4) is 0 Å². The van der Waals surface area contributed by atoms with Crippen molar-refractivity contribution >= 4 is 22.9 Å². The number of rotatable bonds is 2. The van der Waals surface area contributed by atoms with Crippen molar-refractivity contribution in [2.75, 3.05) is 0 Å². The van der Waals surface area contributed by atoms with Crippen LogP contribution < -0.4 is 5.73 Å². The zero-order valence-corrected chi connectivity index (χ0v) is 9.88. The van der Waals surface area contributed by atoms with Crippen LogP contribution in [0, 0.1) is 5.41 Å². The van der Waals surface area contributed by atoms with Gasteiger partial charge in [-0.1, -0.05) is 32.4 Å². The molecular weight excluding hydrogens is 202 g/mol. The van der Waals surface area contributed by atoms with E-state index < -0.39 is 0 Å². The molecule has 0 aliphatic heterocycles. The lowest BCUT2D eigenvalue weighted by Gasteiger charge is -2.22. The molecule has 0 saturated carbocycles. The maximum atomic E-state index is 6.05. The predicted molar refractivity (Wildman–Crippen MR) is 60.3 cm³/mol. The Morgan fingerprint density at radius 2 is 2.15 bits per heavy atom. The first-order valence-electron chi connectivity index (χ1n) is 4.38. The third-order valence-corrected chi connectivity index (χ3v) is 3.30. The van der Waals surface area contributed by atoms with Gasteiger partial charge < -0.3 is 5.73 Å². The van der Waals surface area contributed by atoms with E-state index in [0.29, 0.717) is 0 Å². The minimum absolute atomic E-state index is 0.0764. The first-order valence-corrected chi connectivity index (χ1v) is 5.64. The minimum Gasteiger partial charge on any atom is -0.323 e. The van der Waals surface area contributed by atoms with E-state index in [-0.39, 0.29) is 11.5 Å². The molecule has 0 aromatic carbocycles. The molecule has 1 heterocycles. The van der Waals surface area contributed by atoms with Crippen molar-refractivity contribution in [3.63, 3.8) is 0 Å². The second-order valence-electron chi connectivity index (χ2n) is 4.50. The monoisotopic (exact) mass is 217 g/mol. The Morgan fingerprint density at radius 1 is 1.54 bits per heavy atom. The summed E-state index contributed by atoms with van der Waals surface area (Å²) in [5, 5.41) is 2.79. The highest BCUT2D eigenvalue weighted by atomic mass is 35.5. The standard InChI is InChI=1S/C10H16ClNS/c1-10(2,3)6-8(12)9-7(11)4-5-13-9/h4-5,8H,6,12H2,1-3H3. The van der Waals surface area contributed by atoms with E-state index in [1.165, 1.54) is 0 Å². The van der Waals surface area contributed by atoms with Gasteiger partial charge in [0.1, 0.15) is 0 Å². The molecule has 0 aliphatic rings. The zero-order chi connectivity index (χ0) is 10.1. The number of thiophene rings is 1. The van der Waals surface area contributed by atoms with E-state index in [9.17, 15) is 0 Å². The van der Waals surface area contributed by atoms with Crippen LogP contribution in [0.25, 0.3) is 0 Å². The van der Waals surface area contributed by atoms with Gasteiger partial charge in [0.05, 0.1) is 5.02 Å². The molecule has 13 heavy (non-hydrogen) atoms. The van der Waals surface area contributed by atoms with Crippen LogP contribution in [0.3, 0.4) is 0 Å². The molecule has 3 heteroatoms. The molecule has 0 aliphatic carbocycles. The summed E-state index contributed by atoms with van der Waals surface area (Å²) in [6, 6.07) is 1.98. The van der Waals surface area contributed by atoms with Crippen molar-refractivity contribution in [1.82, 2.24) is 0 Å². The molecule has 74 valence electrons. The van der Waals surface area contributed by atoms with Crippen LogP contribution >= 0.6 is 22.9 Å². The van der Waals surface area contributed by atoms with E-state index >= 15 is 0 Å². The molecule has 1 aromatic rings. The van der Waals surface area contributed by atoms with Crippen molar-refractivity contribution < 1.29 is 0 Å². The maximum absolute atomic E-state index is 6.05. The van der Waals surface area contributed by atoms with Gasteiger partial charge in [-0.25, -0.2) is 0 Å². The Morgan fingerprint density at radius 3 is 2.54 bits per heavy atom. The number of nitrogens with two attached hydrogens (primary N) is 1. The van der Waals surface area contributed by atoms with Crippen molar-refractivity contribution in [3.05, 3.63) is 21.3 Å². The second-order valence-corrected chi connectivity index (χ2v) is 5.86. The van der Waals surface area contributed by atoms with Crippen molar-refractivity contribution in [1.29, 1.82) is 0 Å². The summed E-state index contributed by atoms with van der Waals surface area (Å²) in [5.74, 6) is 0. The van der Waals surface area contributed by atoms with Crippen LogP contribution in [0.15, 0.2) is 11.4 Å². The molecule has 0 spiro atoms. The van der Waals surface area contributed by atoms with Gasteiger partial charge in [-0.15, -0.1) is 11.3 Å². The van der Waals surface area contributed by atoms with Crippen LogP contribution in [-0.4, -0.2) is 0 Å². The number of hydrogen-bond donors (Lipinski definition) is 1. The molecular formula is C10H16ClNS. The van der Waals surface area contributed by atoms with E-state index in [2.05, 4.69) is 20.8 Å². The Hall–Kier alpha value is -0.0500. The summed E-state index contributed by atoms with van der Waals surface area (Å²) in [6.07, 6.45) is 0.966. The fourth-order valence-corrected chi connectivity index (χ4v) is 2.52. The van der Waals surface area contributed by atoms with E-state index in [4.69, 9.17) is 17.3 Å². The lowest BCUT2D eigenvalue weighted by atomic mass is 9.88. The average molecular weight is 218 g/mol. The Kier molecular flexibility index (Phi) is 3.38. The lowest BCUT2D eigenvalue weighted by molar-refractivity contribution is 0.345. The highest BCUT2D eigenvalue weighted by Gasteiger charge is 2.19. The SMILES string of the molecule is CC(C)(C)CC(N)c1sccc1Cl. The van der Waals surface area contributed by atoms with Crippen LogP contribution in [0.2, 0.25) is 5.02 Å². The van der Waals surface area contributed by atoms with Crippen LogP contribution in [0.4, 0.5) is 0 Å². The summed E-state index contributed by atoms with van der Waals surface area (Å²) >= 11 is 7.64. The molecule has 1 rings (SSSR count). The Labute approximate surface area is 88.9 Å². The van der Waals surface area contributed by atoms with E-state index in [1.807, 2.05) is 11.4 Å². The van der Waals surface area contributed by atoms with Gasteiger partial charge in [-0.2, -0.15) is 0 Å². The first kappa shape index (κ1) is 11.0. The predicted octanol–water partition coefficient (Wildman–Crippen LogP) is 3.84. The summed E-state index contributed by atoms with van der Waals surface area (Å²) in [4.78, 5) is 1.11. The fourth-order valence-electron chi connectivity index (χ4n) is 1.32. The van der Waals surface area contributed by atoms with Crippen molar-refractivity contribution in [2.45, 2.75) is 33.2 Å². The molecule has 0 saturated heterocycles. The van der Waals surface area contributed by atoms with Gasteiger partial charge in [-0.05, 0) is 23.3 Å². The number of halogens is 1. The smallest absolute Gasteiger partial charge is 0.0561 e. The molecule has 0 fully saturated rings. The van der Waals surface area contributed by atoms with Gasteiger partial charge in [0.25, 0.3) is 0 Å². The maximum Gasteiger partial charge on any atom is 0.0561 e. The summed E-state index contributed by atoms with van der Waals surface area (Å²) < 4.78 is 0. The minimum atomic E-state index is 0.0764. The van der Waals surface area contributed by atoms with Gasteiger partial charge in [-0.3, -0.25) is 0 Å². The van der Waals surface area contributed by atoms with Crippen LogP contribution in [-0.2, 0) is 0 Å². The average Bonchev–Trinajstić information content (AvgIpc) is 2.30. The molecule has 1 atom stereocenters. The zero-order valence-electron chi connectivity index (χ0n) is 8.30. The molecule has 0 radical (unpaired) electrons. The fraction of sp³-hybridized carbons (Fsp3) is 0.600. The molecule has 0 bridgehead atoms. The summed E-state index contributed by atoms with van der Waals surface area (Å²) in [6.45, 7) is 6.57. The molecule has 1 aromatic heterocycles. The third kappa shape index (κ3) is 3.29. The van der Waals surface area contributed by atoms with Crippen molar-refractivity contribution in [2.24, 2.45) is 11.1 Å². The van der Waals surface area contributed by atoms with Gasteiger partial charge in [0.15, 0.2) is 0 Å². The van der Waals surface area contributed by atoms with Crippen LogP contribution in [0.1, 0.15) is 38.1 Å². The first-order chi connectivity index (χ1) is 5.90. The van der Waals surface area contributed by atoms with Gasteiger partial charge in [0.2, 0.25) is 0 Å². The Bertz CT molecular complexity index is 275. The van der Waals surface area contributed by atoms with E-state index in [0.717, 1.165) is 16.3 Å². The lowest BCUT2D eigenvalue weighted by Crippen LogP contribution is -2.17. The second kappa shape index (κ2) is 3.99. The molecule has 2 N–H and O–H groups in total.